The molecule has 1 saturated heterocycles. The van der Waals surface area contributed by atoms with Crippen LogP contribution in [0.1, 0.15) is 40.6 Å². The van der Waals surface area contributed by atoms with Crippen molar-refractivity contribution < 1.29 is 9.21 Å². The van der Waals surface area contributed by atoms with Crippen molar-refractivity contribution in [3.05, 3.63) is 59.5 Å². The van der Waals surface area contributed by atoms with Crippen LogP contribution in [-0.4, -0.2) is 17.4 Å². The van der Waals surface area contributed by atoms with Crippen molar-refractivity contribution in [3.8, 4) is 0 Å². The molecule has 1 aromatic heterocycles. The number of rotatable bonds is 3. The number of carbonyl (C=O) groups is 1. The van der Waals surface area contributed by atoms with E-state index in [1.807, 2.05) is 23.1 Å². The summed E-state index contributed by atoms with van der Waals surface area (Å²) in [6.07, 6.45) is 3.55. The first-order chi connectivity index (χ1) is 9.79. The lowest BCUT2D eigenvalue weighted by Gasteiger charge is -2.24. The largest absolute Gasteiger partial charge is 0.467 e. The van der Waals surface area contributed by atoms with Crippen LogP contribution in [0.2, 0.25) is 0 Å². The topological polar surface area (TPSA) is 59.5 Å². The van der Waals surface area contributed by atoms with Crippen LogP contribution in [0.25, 0.3) is 0 Å². The summed E-state index contributed by atoms with van der Waals surface area (Å²) < 4.78 is 5.26. The van der Waals surface area contributed by atoms with Crippen LogP contribution in [0.3, 0.4) is 0 Å². The fourth-order valence-corrected chi connectivity index (χ4v) is 2.80. The molecule has 1 amide bonds. The van der Waals surface area contributed by atoms with Crippen LogP contribution in [-0.2, 0) is 6.54 Å². The third-order valence-corrected chi connectivity index (χ3v) is 3.80. The SMILES string of the molecule is Cl.NCc1cc(C(=O)N2CCCC2c2ccccc2)co1. The molecule has 1 atom stereocenters. The molecule has 1 unspecified atom stereocenters. The Bertz CT molecular complexity index is 597. The van der Waals surface area contributed by atoms with Crippen LogP contribution >= 0.6 is 12.4 Å². The standard InChI is InChI=1S/C16H18N2O2.ClH/c17-10-14-9-13(11-20-14)16(19)18-8-4-7-15(18)12-5-2-1-3-6-12;/h1-3,5-6,9,11,15H,4,7-8,10,17H2;1H. The Labute approximate surface area is 130 Å². The van der Waals surface area contributed by atoms with Crippen LogP contribution in [0.15, 0.2) is 47.1 Å². The number of amides is 1. The minimum Gasteiger partial charge on any atom is -0.467 e. The van der Waals surface area contributed by atoms with Crippen LogP contribution < -0.4 is 5.73 Å². The van der Waals surface area contributed by atoms with Gasteiger partial charge in [0.25, 0.3) is 5.91 Å². The Morgan fingerprint density at radius 3 is 2.76 bits per heavy atom. The second-order valence-electron chi connectivity index (χ2n) is 5.07. The average Bonchev–Trinajstić information content (AvgIpc) is 3.16. The predicted octanol–water partition coefficient (Wildman–Crippen LogP) is 3.14. The van der Waals surface area contributed by atoms with E-state index in [4.69, 9.17) is 10.2 Å². The highest BCUT2D eigenvalue weighted by atomic mass is 35.5. The van der Waals surface area contributed by atoms with Gasteiger partial charge >= 0.3 is 0 Å². The predicted molar refractivity (Wildman–Crippen MR) is 83.3 cm³/mol. The van der Waals surface area contributed by atoms with Gasteiger partial charge in [-0.25, -0.2) is 0 Å². The monoisotopic (exact) mass is 306 g/mol. The molecule has 2 heterocycles. The third-order valence-electron chi connectivity index (χ3n) is 3.80. The fourth-order valence-electron chi connectivity index (χ4n) is 2.80. The number of likely N-dealkylation sites (tertiary alicyclic amines) is 1. The van der Waals surface area contributed by atoms with Gasteiger partial charge < -0.3 is 15.1 Å². The smallest absolute Gasteiger partial charge is 0.257 e. The van der Waals surface area contributed by atoms with Gasteiger partial charge in [0.15, 0.2) is 0 Å². The zero-order valence-electron chi connectivity index (χ0n) is 11.7. The van der Waals surface area contributed by atoms with Gasteiger partial charge in [-0.2, -0.15) is 0 Å². The molecule has 0 aliphatic carbocycles. The van der Waals surface area contributed by atoms with Crippen LogP contribution in [0.4, 0.5) is 0 Å². The lowest BCUT2D eigenvalue weighted by atomic mass is 10.0. The summed E-state index contributed by atoms with van der Waals surface area (Å²) in [5.74, 6) is 0.670. The van der Waals surface area contributed by atoms with E-state index in [0.29, 0.717) is 17.9 Å². The molecule has 21 heavy (non-hydrogen) atoms. The first-order valence-electron chi connectivity index (χ1n) is 6.93. The van der Waals surface area contributed by atoms with Gasteiger partial charge in [0.1, 0.15) is 12.0 Å². The van der Waals surface area contributed by atoms with Crippen molar-refractivity contribution >= 4 is 18.3 Å². The van der Waals surface area contributed by atoms with Crippen molar-refractivity contribution in [1.82, 2.24) is 4.90 Å². The van der Waals surface area contributed by atoms with Gasteiger partial charge in [-0.1, -0.05) is 30.3 Å². The summed E-state index contributed by atoms with van der Waals surface area (Å²) in [4.78, 5) is 14.5. The maximum Gasteiger partial charge on any atom is 0.257 e. The van der Waals surface area contributed by atoms with E-state index in [2.05, 4.69) is 12.1 Å². The highest BCUT2D eigenvalue weighted by molar-refractivity contribution is 5.94. The maximum absolute atomic E-state index is 12.6. The van der Waals surface area contributed by atoms with E-state index in [1.54, 1.807) is 6.07 Å². The van der Waals surface area contributed by atoms with Crippen molar-refractivity contribution in [1.29, 1.82) is 0 Å². The molecule has 2 N–H and O–H groups in total. The Morgan fingerprint density at radius 1 is 1.33 bits per heavy atom. The number of furan rings is 1. The summed E-state index contributed by atoms with van der Waals surface area (Å²) in [6, 6.07) is 12.1. The molecule has 1 aliphatic rings. The highest BCUT2D eigenvalue weighted by Crippen LogP contribution is 2.33. The van der Waals surface area contributed by atoms with Crippen molar-refractivity contribution in [3.63, 3.8) is 0 Å². The Balaban J connectivity index is 0.00000161. The van der Waals surface area contributed by atoms with Crippen LogP contribution in [0, 0.1) is 0 Å². The molecule has 1 fully saturated rings. The minimum absolute atomic E-state index is 0. The summed E-state index contributed by atoms with van der Waals surface area (Å²) in [6.45, 7) is 1.11. The number of hydrogen-bond donors (Lipinski definition) is 1. The molecule has 112 valence electrons. The average molecular weight is 307 g/mol. The van der Waals surface area contributed by atoms with Gasteiger partial charge in [-0.3, -0.25) is 4.79 Å². The van der Waals surface area contributed by atoms with Gasteiger partial charge in [0.05, 0.1) is 18.2 Å². The maximum atomic E-state index is 12.6. The summed E-state index contributed by atoms with van der Waals surface area (Å²) in [7, 11) is 0. The highest BCUT2D eigenvalue weighted by Gasteiger charge is 2.31. The molecule has 5 heteroatoms. The summed E-state index contributed by atoms with van der Waals surface area (Å²) >= 11 is 0. The number of halogens is 1. The van der Waals surface area contributed by atoms with Gasteiger partial charge in [0.2, 0.25) is 0 Å². The Kier molecular flexibility index (Phi) is 5.04. The van der Waals surface area contributed by atoms with E-state index in [0.717, 1.165) is 19.4 Å². The number of nitrogens with two attached hydrogens (primary N) is 1. The molecule has 0 radical (unpaired) electrons. The quantitative estimate of drug-likeness (QED) is 0.947. The second-order valence-corrected chi connectivity index (χ2v) is 5.07. The summed E-state index contributed by atoms with van der Waals surface area (Å²) in [5, 5.41) is 0. The van der Waals surface area contributed by atoms with Crippen LogP contribution in [0.5, 0.6) is 0 Å². The number of hydrogen-bond acceptors (Lipinski definition) is 3. The summed E-state index contributed by atoms with van der Waals surface area (Å²) in [5.41, 5.74) is 7.30. The van der Waals surface area contributed by atoms with Gasteiger partial charge in [-0.05, 0) is 24.5 Å². The number of benzene rings is 1. The normalized spacial score (nSPS) is 17.6. The lowest BCUT2D eigenvalue weighted by Crippen LogP contribution is -2.30. The molecule has 3 rings (SSSR count). The van der Waals surface area contributed by atoms with E-state index in [-0.39, 0.29) is 24.4 Å². The van der Waals surface area contributed by atoms with Gasteiger partial charge in [0, 0.05) is 6.54 Å². The van der Waals surface area contributed by atoms with E-state index >= 15 is 0 Å². The van der Waals surface area contributed by atoms with Crippen molar-refractivity contribution in [2.24, 2.45) is 5.73 Å². The molecule has 1 aromatic carbocycles. The molecule has 2 aromatic rings. The first-order valence-corrected chi connectivity index (χ1v) is 6.93. The third kappa shape index (κ3) is 3.12. The molecule has 1 aliphatic heterocycles. The molecule has 0 saturated carbocycles. The number of carbonyl (C=O) groups excluding carboxylic acids is 1. The Morgan fingerprint density at radius 2 is 2.10 bits per heavy atom. The zero-order valence-corrected chi connectivity index (χ0v) is 12.5. The molecule has 0 spiro atoms. The van der Waals surface area contributed by atoms with Crippen molar-refractivity contribution in [2.75, 3.05) is 6.54 Å². The zero-order chi connectivity index (χ0) is 13.9. The lowest BCUT2D eigenvalue weighted by molar-refractivity contribution is 0.0735. The molecule has 0 bridgehead atoms. The molecular formula is C16H19ClN2O2. The Hall–Kier alpha value is -1.78. The second kappa shape index (κ2) is 6.78. The molecular weight excluding hydrogens is 288 g/mol. The van der Waals surface area contributed by atoms with E-state index in [9.17, 15) is 4.79 Å². The van der Waals surface area contributed by atoms with E-state index in [1.165, 1.54) is 11.8 Å². The van der Waals surface area contributed by atoms with Crippen molar-refractivity contribution in [2.45, 2.75) is 25.4 Å². The fraction of sp³-hybridized carbons (Fsp3) is 0.312. The number of nitrogens with zero attached hydrogens (tertiary/aromatic N) is 1. The minimum atomic E-state index is 0. The first kappa shape index (κ1) is 15.6. The van der Waals surface area contributed by atoms with E-state index < -0.39 is 0 Å². The molecule has 4 nitrogen and oxygen atoms in total. The van der Waals surface area contributed by atoms with Gasteiger partial charge in [-0.15, -0.1) is 12.4 Å².